The molecule has 2 heterocycles. The van der Waals surface area contributed by atoms with Gasteiger partial charge in [0.15, 0.2) is 5.16 Å². The molecule has 21 heavy (non-hydrogen) atoms. The zero-order valence-electron chi connectivity index (χ0n) is 11.3. The molecule has 7 heteroatoms. The van der Waals surface area contributed by atoms with Crippen molar-refractivity contribution in [2.24, 2.45) is 5.92 Å². The van der Waals surface area contributed by atoms with E-state index >= 15 is 0 Å². The van der Waals surface area contributed by atoms with E-state index in [1.54, 1.807) is 0 Å². The van der Waals surface area contributed by atoms with E-state index in [-0.39, 0.29) is 5.75 Å². The predicted molar refractivity (Wildman–Crippen MR) is 82.0 cm³/mol. The van der Waals surface area contributed by atoms with Gasteiger partial charge in [0.05, 0.1) is 28.4 Å². The average molecular weight is 327 g/mol. The summed E-state index contributed by atoms with van der Waals surface area (Å²) in [7, 11) is 0. The molecule has 0 amide bonds. The Kier molecular flexibility index (Phi) is 4.37. The largest absolute Gasteiger partial charge is 0.481 e. The molecule has 1 N–H and O–H groups in total. The molecule has 0 saturated carbocycles. The number of nitrogens with zero attached hydrogens (tertiary/aromatic N) is 2. The summed E-state index contributed by atoms with van der Waals surface area (Å²) in [6.45, 7) is 2.26. The third kappa shape index (κ3) is 3.17. The van der Waals surface area contributed by atoms with Crippen molar-refractivity contribution in [2.75, 3.05) is 19.0 Å². The van der Waals surface area contributed by atoms with Gasteiger partial charge in [-0.05, 0) is 18.6 Å². The molecule has 1 atom stereocenters. The van der Waals surface area contributed by atoms with Gasteiger partial charge in [0.2, 0.25) is 0 Å². The smallest absolute Gasteiger partial charge is 0.313 e. The fraction of sp³-hybridized carbons (Fsp3) is 0.429. The zero-order chi connectivity index (χ0) is 14.8. The monoisotopic (exact) mass is 326 g/mol. The molecule has 1 saturated heterocycles. The maximum atomic E-state index is 10.8. The number of aliphatic carboxylic acids is 1. The van der Waals surface area contributed by atoms with Crippen LogP contribution in [0.15, 0.2) is 23.4 Å². The molecule has 0 spiro atoms. The van der Waals surface area contributed by atoms with Crippen molar-refractivity contribution in [3.05, 3.63) is 23.2 Å². The van der Waals surface area contributed by atoms with Crippen LogP contribution in [0, 0.1) is 5.92 Å². The molecule has 3 rings (SSSR count). The molecule has 1 fully saturated rings. The Morgan fingerprint density at radius 3 is 3.14 bits per heavy atom. The lowest BCUT2D eigenvalue weighted by Crippen LogP contribution is -2.12. The van der Waals surface area contributed by atoms with Gasteiger partial charge >= 0.3 is 5.97 Å². The first-order chi connectivity index (χ1) is 10.1. The van der Waals surface area contributed by atoms with Gasteiger partial charge in [-0.15, -0.1) is 0 Å². The van der Waals surface area contributed by atoms with E-state index in [4.69, 9.17) is 21.4 Å². The highest BCUT2D eigenvalue weighted by molar-refractivity contribution is 7.99. The van der Waals surface area contributed by atoms with Crippen LogP contribution in [0.2, 0.25) is 5.02 Å². The van der Waals surface area contributed by atoms with Crippen molar-refractivity contribution in [2.45, 2.75) is 18.1 Å². The second-order valence-electron chi connectivity index (χ2n) is 5.02. The molecular weight excluding hydrogens is 312 g/mol. The van der Waals surface area contributed by atoms with Gasteiger partial charge in [-0.2, -0.15) is 0 Å². The van der Waals surface area contributed by atoms with Crippen molar-refractivity contribution in [3.63, 3.8) is 0 Å². The first-order valence-electron chi connectivity index (χ1n) is 6.72. The number of thioether (sulfide) groups is 1. The number of carboxylic acid groups (broad SMARTS) is 1. The van der Waals surface area contributed by atoms with Crippen molar-refractivity contribution in [3.8, 4) is 0 Å². The summed E-state index contributed by atoms with van der Waals surface area (Å²) in [6, 6.07) is 5.58. The highest BCUT2D eigenvalue weighted by Crippen LogP contribution is 2.31. The molecule has 0 aliphatic carbocycles. The number of halogens is 1. The van der Waals surface area contributed by atoms with E-state index in [1.165, 1.54) is 11.8 Å². The molecule has 1 unspecified atom stereocenters. The Balaban J connectivity index is 1.98. The molecule has 112 valence electrons. The van der Waals surface area contributed by atoms with Crippen LogP contribution in [0.4, 0.5) is 0 Å². The lowest BCUT2D eigenvalue weighted by atomic mass is 10.1. The Hall–Kier alpha value is -1.24. The second kappa shape index (κ2) is 6.25. The van der Waals surface area contributed by atoms with Gasteiger partial charge < -0.3 is 14.4 Å². The highest BCUT2D eigenvalue weighted by atomic mass is 35.5. The number of carboxylic acids is 1. The van der Waals surface area contributed by atoms with Crippen LogP contribution in [0.5, 0.6) is 0 Å². The van der Waals surface area contributed by atoms with Crippen LogP contribution in [0.25, 0.3) is 11.0 Å². The number of hydrogen-bond acceptors (Lipinski definition) is 4. The number of benzene rings is 1. The van der Waals surface area contributed by atoms with Crippen LogP contribution >= 0.6 is 23.4 Å². The third-order valence-electron chi connectivity index (χ3n) is 3.47. The maximum absolute atomic E-state index is 10.8. The minimum Gasteiger partial charge on any atom is -0.481 e. The van der Waals surface area contributed by atoms with Gasteiger partial charge in [0.1, 0.15) is 0 Å². The first kappa shape index (κ1) is 14.7. The van der Waals surface area contributed by atoms with Crippen molar-refractivity contribution in [1.82, 2.24) is 9.55 Å². The minimum atomic E-state index is -0.853. The molecular formula is C14H15ClN2O3S. The van der Waals surface area contributed by atoms with Crippen molar-refractivity contribution >= 4 is 40.4 Å². The summed E-state index contributed by atoms with van der Waals surface area (Å²) < 4.78 is 7.45. The Morgan fingerprint density at radius 1 is 1.57 bits per heavy atom. The highest BCUT2D eigenvalue weighted by Gasteiger charge is 2.21. The van der Waals surface area contributed by atoms with Gasteiger partial charge in [-0.25, -0.2) is 4.98 Å². The minimum absolute atomic E-state index is 0.0118. The number of hydrogen-bond donors (Lipinski definition) is 1. The van der Waals surface area contributed by atoms with Crippen LogP contribution in [0.3, 0.4) is 0 Å². The number of carbonyl (C=O) groups is 1. The van der Waals surface area contributed by atoms with Crippen molar-refractivity contribution < 1.29 is 14.6 Å². The zero-order valence-corrected chi connectivity index (χ0v) is 12.9. The third-order valence-corrected chi connectivity index (χ3v) is 4.74. The number of para-hydroxylation sites is 1. The Bertz CT molecular complexity index is 668. The molecule has 0 radical (unpaired) electrons. The topological polar surface area (TPSA) is 64.3 Å². The summed E-state index contributed by atoms with van der Waals surface area (Å²) in [5.41, 5.74) is 1.67. The van der Waals surface area contributed by atoms with E-state index in [1.807, 2.05) is 22.8 Å². The van der Waals surface area contributed by atoms with E-state index in [9.17, 15) is 4.79 Å². The molecule has 1 aromatic heterocycles. The molecule has 0 bridgehead atoms. The molecule has 1 aromatic carbocycles. The fourth-order valence-corrected chi connectivity index (χ4v) is 3.52. The van der Waals surface area contributed by atoms with Gasteiger partial charge in [-0.1, -0.05) is 29.4 Å². The van der Waals surface area contributed by atoms with Gasteiger partial charge in [0, 0.05) is 19.1 Å². The lowest BCUT2D eigenvalue weighted by Gasteiger charge is -2.13. The molecule has 2 aromatic rings. The summed E-state index contributed by atoms with van der Waals surface area (Å²) in [5, 5.41) is 10.2. The van der Waals surface area contributed by atoms with Crippen LogP contribution < -0.4 is 0 Å². The summed E-state index contributed by atoms with van der Waals surface area (Å²) in [4.78, 5) is 15.3. The molecule has 5 nitrogen and oxygen atoms in total. The van der Waals surface area contributed by atoms with Crippen LogP contribution in [0.1, 0.15) is 6.42 Å². The number of ether oxygens (including phenoxy) is 1. The summed E-state index contributed by atoms with van der Waals surface area (Å²) >= 11 is 7.53. The maximum Gasteiger partial charge on any atom is 0.313 e. The summed E-state index contributed by atoms with van der Waals surface area (Å²) in [6.07, 6.45) is 1.01. The Morgan fingerprint density at radius 2 is 2.43 bits per heavy atom. The Labute approximate surface area is 131 Å². The molecule has 1 aliphatic heterocycles. The van der Waals surface area contributed by atoms with Crippen LogP contribution in [-0.2, 0) is 16.1 Å². The van der Waals surface area contributed by atoms with Gasteiger partial charge in [-0.3, -0.25) is 4.79 Å². The van der Waals surface area contributed by atoms with E-state index in [0.29, 0.717) is 16.1 Å². The quantitative estimate of drug-likeness (QED) is 0.856. The standard InChI is InChI=1S/C14H15ClN2O3S/c15-10-2-1-3-11-13(10)17(6-9-4-5-20-7-9)14(16-11)21-8-12(18)19/h1-3,9H,4-8H2,(H,18,19). The second-order valence-corrected chi connectivity index (χ2v) is 6.37. The van der Waals surface area contributed by atoms with E-state index in [2.05, 4.69) is 4.98 Å². The lowest BCUT2D eigenvalue weighted by molar-refractivity contribution is -0.133. The molecule has 1 aliphatic rings. The number of rotatable bonds is 5. The van der Waals surface area contributed by atoms with E-state index < -0.39 is 5.97 Å². The normalized spacial score (nSPS) is 18.4. The number of fused-ring (bicyclic) bond motifs is 1. The number of aromatic nitrogens is 2. The van der Waals surface area contributed by atoms with Gasteiger partial charge in [0.25, 0.3) is 0 Å². The fourth-order valence-electron chi connectivity index (χ4n) is 2.51. The first-order valence-corrected chi connectivity index (χ1v) is 8.08. The number of imidazole rings is 1. The predicted octanol–water partition coefficient (Wildman–Crippen LogP) is 2.90. The average Bonchev–Trinajstić information content (AvgIpc) is 3.06. The SMILES string of the molecule is O=C(O)CSc1nc2cccc(Cl)c2n1CC1CCOC1. The van der Waals surface area contributed by atoms with Crippen molar-refractivity contribution in [1.29, 1.82) is 0 Å². The van der Waals surface area contributed by atoms with Crippen LogP contribution in [-0.4, -0.2) is 39.6 Å². The summed E-state index contributed by atoms with van der Waals surface area (Å²) in [5.74, 6) is -0.445. The van der Waals surface area contributed by atoms with E-state index in [0.717, 1.165) is 37.2 Å².